The molecule has 0 bridgehead atoms. The molecule has 1 aliphatic heterocycles. The van der Waals surface area contributed by atoms with E-state index in [-0.39, 0.29) is 43.2 Å². The second-order valence-corrected chi connectivity index (χ2v) is 8.04. The van der Waals surface area contributed by atoms with Crippen molar-refractivity contribution < 1.29 is 22.8 Å². The van der Waals surface area contributed by atoms with Crippen LogP contribution in [0.3, 0.4) is 0 Å². The Labute approximate surface area is 200 Å². The van der Waals surface area contributed by atoms with Crippen LogP contribution in [0, 0.1) is 0 Å². The summed E-state index contributed by atoms with van der Waals surface area (Å²) < 4.78 is 35.5. The van der Waals surface area contributed by atoms with Crippen LogP contribution in [0.5, 0.6) is 0 Å². The van der Waals surface area contributed by atoms with Gasteiger partial charge in [0, 0.05) is 6.54 Å². The number of carbonyl (C=O) groups is 2. The smallest absolute Gasteiger partial charge is 0.384 e. The molecule has 1 fully saturated rings. The number of amides is 1. The maximum atomic E-state index is 12.9. The zero-order valence-electron chi connectivity index (χ0n) is 19.5. The first-order chi connectivity index (χ1) is 16.6. The van der Waals surface area contributed by atoms with Gasteiger partial charge >= 0.3 is 11.9 Å². The summed E-state index contributed by atoms with van der Waals surface area (Å²) in [4.78, 5) is 49.7. The van der Waals surface area contributed by atoms with E-state index in [0.717, 1.165) is 42.5 Å². The van der Waals surface area contributed by atoms with Crippen molar-refractivity contribution in [3.05, 3.63) is 62.3 Å². The molecule has 1 aromatic carbocycles. The largest absolute Gasteiger partial charge is 0.405 e. The number of piperidine rings is 1. The van der Waals surface area contributed by atoms with E-state index in [4.69, 9.17) is 5.73 Å². The number of anilines is 1. The number of nitrogens with zero attached hydrogens (tertiary/aromatic N) is 3. The number of likely N-dealkylation sites (tertiary alicyclic amines) is 1. The Morgan fingerprint density at radius 3 is 2.23 bits per heavy atom. The minimum absolute atomic E-state index is 0.00743. The molecular weight excluding hydrogens is 467 g/mol. The highest BCUT2D eigenvalue weighted by Gasteiger charge is 2.26. The van der Waals surface area contributed by atoms with Crippen LogP contribution in [0.1, 0.15) is 42.1 Å². The average molecular weight is 498 g/mol. The molecule has 0 radical (unpaired) electrons. The fourth-order valence-electron chi connectivity index (χ4n) is 3.73. The van der Waals surface area contributed by atoms with E-state index in [1.54, 1.807) is 6.92 Å². The van der Waals surface area contributed by atoms with Crippen LogP contribution in [-0.4, -0.2) is 58.6 Å². The van der Waals surface area contributed by atoms with E-state index < -0.39 is 24.0 Å². The number of nitrogens with one attached hydrogen (secondary N) is 1. The summed E-state index contributed by atoms with van der Waals surface area (Å²) in [6.45, 7) is 2.72. The van der Waals surface area contributed by atoms with Gasteiger partial charge in [0.2, 0.25) is 6.41 Å². The second kappa shape index (κ2) is 12.9. The Bertz CT molecular complexity index is 1110. The number of hydrogen-bond donors (Lipinski definition) is 2. The first kappa shape index (κ1) is 27.8. The summed E-state index contributed by atoms with van der Waals surface area (Å²) in [7, 11) is 0. The zero-order chi connectivity index (χ0) is 26.0. The minimum Gasteiger partial charge on any atom is -0.384 e. The van der Waals surface area contributed by atoms with Crippen molar-refractivity contribution in [2.24, 2.45) is 0 Å². The summed E-state index contributed by atoms with van der Waals surface area (Å²) >= 11 is 0. The van der Waals surface area contributed by atoms with Crippen molar-refractivity contribution in [2.45, 2.75) is 45.5 Å². The normalized spacial score (nSPS) is 14.1. The number of benzene rings is 1. The number of alkyl halides is 3. The number of hydrogen-bond acceptors (Lipinski definition) is 6. The SMILES string of the molecule is CCn1c(=O)c(C(=O)CN2CCCCC2)c(N)n(Cc2ccccc2)c1=O.O=CNCC(F)(F)F. The molecule has 1 aromatic heterocycles. The molecule has 1 amide bonds. The summed E-state index contributed by atoms with van der Waals surface area (Å²) in [5.41, 5.74) is 5.90. The molecule has 3 rings (SSSR count). The maximum Gasteiger partial charge on any atom is 0.405 e. The molecule has 192 valence electrons. The Morgan fingerprint density at radius 1 is 1.09 bits per heavy atom. The van der Waals surface area contributed by atoms with E-state index in [9.17, 15) is 32.3 Å². The molecule has 9 nitrogen and oxygen atoms in total. The fraction of sp³-hybridized carbons (Fsp3) is 0.478. The molecule has 2 aromatic rings. The van der Waals surface area contributed by atoms with Crippen molar-refractivity contribution in [1.82, 2.24) is 19.4 Å². The molecule has 0 spiro atoms. The lowest BCUT2D eigenvalue weighted by Gasteiger charge is -2.26. The third kappa shape index (κ3) is 8.09. The predicted octanol–water partition coefficient (Wildman–Crippen LogP) is 1.62. The molecule has 1 aliphatic rings. The van der Waals surface area contributed by atoms with E-state index in [0.29, 0.717) is 0 Å². The molecule has 0 saturated carbocycles. The van der Waals surface area contributed by atoms with Gasteiger partial charge in [0.15, 0.2) is 5.78 Å². The van der Waals surface area contributed by atoms with Gasteiger partial charge in [-0.2, -0.15) is 13.2 Å². The summed E-state index contributed by atoms with van der Waals surface area (Å²) in [5.74, 6) is -0.357. The maximum absolute atomic E-state index is 12.9. The van der Waals surface area contributed by atoms with Crippen LogP contribution >= 0.6 is 0 Å². The minimum atomic E-state index is -4.29. The van der Waals surface area contributed by atoms with Gasteiger partial charge in [-0.15, -0.1) is 0 Å². The molecule has 12 heteroatoms. The first-order valence-corrected chi connectivity index (χ1v) is 11.2. The van der Waals surface area contributed by atoms with E-state index in [1.807, 2.05) is 35.2 Å². The topological polar surface area (TPSA) is 119 Å². The molecule has 3 N–H and O–H groups in total. The highest BCUT2D eigenvalue weighted by molar-refractivity contribution is 6.01. The molecule has 0 atom stereocenters. The summed E-state index contributed by atoms with van der Waals surface area (Å²) in [5, 5.41) is 1.48. The lowest BCUT2D eigenvalue weighted by Crippen LogP contribution is -2.45. The third-order valence-corrected chi connectivity index (χ3v) is 5.45. The Kier molecular flexibility index (Phi) is 10.2. The van der Waals surface area contributed by atoms with E-state index in [2.05, 4.69) is 0 Å². The van der Waals surface area contributed by atoms with Crippen molar-refractivity contribution in [2.75, 3.05) is 31.9 Å². The number of rotatable bonds is 8. The molecule has 1 saturated heterocycles. The van der Waals surface area contributed by atoms with Crippen molar-refractivity contribution in [3.8, 4) is 0 Å². The second-order valence-electron chi connectivity index (χ2n) is 8.04. The van der Waals surface area contributed by atoms with Crippen molar-refractivity contribution in [1.29, 1.82) is 0 Å². The number of halogens is 3. The van der Waals surface area contributed by atoms with Crippen LogP contribution < -0.4 is 22.3 Å². The first-order valence-electron chi connectivity index (χ1n) is 11.2. The molecule has 2 heterocycles. The van der Waals surface area contributed by atoms with Crippen LogP contribution in [0.15, 0.2) is 39.9 Å². The van der Waals surface area contributed by atoms with Crippen LogP contribution in [-0.2, 0) is 17.9 Å². The number of nitrogens with two attached hydrogens (primary N) is 1. The van der Waals surface area contributed by atoms with Gasteiger partial charge in [-0.05, 0) is 38.4 Å². The van der Waals surface area contributed by atoms with Gasteiger partial charge in [0.1, 0.15) is 17.9 Å². The zero-order valence-corrected chi connectivity index (χ0v) is 19.5. The Hall–Kier alpha value is -3.41. The lowest BCUT2D eigenvalue weighted by atomic mass is 10.1. The predicted molar refractivity (Wildman–Crippen MR) is 125 cm³/mol. The summed E-state index contributed by atoms with van der Waals surface area (Å²) in [6, 6.07) is 9.38. The summed E-state index contributed by atoms with van der Waals surface area (Å²) in [6.07, 6.45) is -1.02. The van der Waals surface area contributed by atoms with Crippen LogP contribution in [0.4, 0.5) is 19.0 Å². The number of ketones is 1. The van der Waals surface area contributed by atoms with Crippen LogP contribution in [0.25, 0.3) is 0 Å². The fourth-order valence-corrected chi connectivity index (χ4v) is 3.73. The van der Waals surface area contributed by atoms with Gasteiger partial charge < -0.3 is 11.1 Å². The standard InChI is InChI=1S/C20H26N4O3.C3H4F3NO/c1-2-23-19(26)17(16(25)14-22-11-7-4-8-12-22)18(21)24(20(23)27)13-15-9-5-3-6-10-15;4-3(5,6)1-7-2-8/h3,5-6,9-10H,2,4,7-8,11-14,21H2,1H3;2H,1H2,(H,7,8). The quantitative estimate of drug-likeness (QED) is 0.423. The molecular formula is C23H30F3N5O4. The van der Waals surface area contributed by atoms with Crippen molar-refractivity contribution >= 4 is 18.0 Å². The highest BCUT2D eigenvalue weighted by Crippen LogP contribution is 2.13. The molecule has 0 aliphatic carbocycles. The van der Waals surface area contributed by atoms with Gasteiger partial charge in [-0.25, -0.2) is 4.79 Å². The van der Waals surface area contributed by atoms with Crippen molar-refractivity contribution in [3.63, 3.8) is 0 Å². The van der Waals surface area contributed by atoms with E-state index in [1.165, 1.54) is 9.88 Å². The lowest BCUT2D eigenvalue weighted by molar-refractivity contribution is -0.132. The molecule has 35 heavy (non-hydrogen) atoms. The van der Waals surface area contributed by atoms with Gasteiger partial charge in [0.05, 0.1) is 13.1 Å². The van der Waals surface area contributed by atoms with Gasteiger partial charge in [-0.3, -0.25) is 28.4 Å². The van der Waals surface area contributed by atoms with Crippen LogP contribution in [0.2, 0.25) is 0 Å². The van der Waals surface area contributed by atoms with Gasteiger partial charge in [-0.1, -0.05) is 36.8 Å². The molecule has 0 unspecified atom stereocenters. The Morgan fingerprint density at radius 2 is 1.71 bits per heavy atom. The number of aromatic nitrogens is 2. The number of nitrogen functional groups attached to an aromatic ring is 1. The monoisotopic (exact) mass is 497 g/mol. The highest BCUT2D eigenvalue weighted by atomic mass is 19.4. The number of carbonyl (C=O) groups excluding carboxylic acids is 2. The average Bonchev–Trinajstić information content (AvgIpc) is 2.82. The van der Waals surface area contributed by atoms with Gasteiger partial charge in [0.25, 0.3) is 5.56 Å². The Balaban J connectivity index is 0.000000466. The van der Waals surface area contributed by atoms with E-state index >= 15 is 0 Å². The third-order valence-electron chi connectivity index (χ3n) is 5.45. The number of Topliss-reactive ketones (excluding diaryl/α,β-unsaturated/α-hetero) is 1.